The highest BCUT2D eigenvalue weighted by atomic mass is 16.5. The Morgan fingerprint density at radius 1 is 1.37 bits per heavy atom. The van der Waals surface area contributed by atoms with E-state index in [1.807, 2.05) is 38.1 Å². The Bertz CT molecular complexity index is 390. The number of carbonyl (C=O) groups is 1. The van der Waals surface area contributed by atoms with Crippen LogP contribution >= 0.6 is 0 Å². The number of methoxy groups -OCH3 is 1. The summed E-state index contributed by atoms with van der Waals surface area (Å²) in [5, 5.41) is 0. The Morgan fingerprint density at radius 2 is 2.00 bits per heavy atom. The van der Waals surface area contributed by atoms with Gasteiger partial charge in [-0.25, -0.2) is 0 Å². The highest BCUT2D eigenvalue weighted by molar-refractivity contribution is 5.93. The van der Waals surface area contributed by atoms with E-state index in [4.69, 9.17) is 10.5 Å². The normalized spacial score (nSPS) is 12.2. The van der Waals surface area contributed by atoms with Crippen LogP contribution in [0.25, 0.3) is 0 Å². The molecule has 1 atom stereocenters. The van der Waals surface area contributed by atoms with E-state index in [0.717, 1.165) is 17.7 Å². The van der Waals surface area contributed by atoms with Gasteiger partial charge in [0.15, 0.2) is 0 Å². The summed E-state index contributed by atoms with van der Waals surface area (Å²) in [6, 6.07) is 7.82. The summed E-state index contributed by atoms with van der Waals surface area (Å²) in [4.78, 5) is 14.0. The Balaban J connectivity index is 2.67. The summed E-state index contributed by atoms with van der Waals surface area (Å²) in [7, 11) is 1.66. The van der Waals surface area contributed by atoms with Crippen LogP contribution in [-0.4, -0.2) is 25.7 Å². The van der Waals surface area contributed by atoms with Crippen LogP contribution in [0.15, 0.2) is 24.3 Å². The van der Waals surface area contributed by atoms with Gasteiger partial charge in [-0.05, 0) is 38.0 Å². The molecule has 0 radical (unpaired) electrons. The number of anilines is 1. The predicted molar refractivity (Wildman–Crippen MR) is 78.1 cm³/mol. The van der Waals surface area contributed by atoms with Crippen molar-refractivity contribution < 1.29 is 9.53 Å². The van der Waals surface area contributed by atoms with Crippen LogP contribution in [0.4, 0.5) is 5.69 Å². The average molecular weight is 264 g/mol. The van der Waals surface area contributed by atoms with Crippen LogP contribution in [0.2, 0.25) is 0 Å². The van der Waals surface area contributed by atoms with Gasteiger partial charge in [0.1, 0.15) is 0 Å². The van der Waals surface area contributed by atoms with Crippen LogP contribution < -0.4 is 10.6 Å². The number of carbonyl (C=O) groups excluding carboxylic acids is 1. The van der Waals surface area contributed by atoms with Crippen molar-refractivity contribution >= 4 is 11.6 Å². The van der Waals surface area contributed by atoms with Gasteiger partial charge >= 0.3 is 0 Å². The Kier molecular flexibility index (Phi) is 6.53. The number of hydrogen-bond acceptors (Lipinski definition) is 3. The van der Waals surface area contributed by atoms with E-state index < -0.39 is 0 Å². The van der Waals surface area contributed by atoms with Crippen LogP contribution in [0.3, 0.4) is 0 Å². The van der Waals surface area contributed by atoms with Gasteiger partial charge in [-0.15, -0.1) is 0 Å². The molecule has 0 heterocycles. The molecular formula is C15H24N2O2. The molecule has 0 fully saturated rings. The number of nitrogens with two attached hydrogens (primary N) is 1. The third-order valence-corrected chi connectivity index (χ3v) is 3.27. The molecule has 0 saturated carbocycles. The first-order valence-electron chi connectivity index (χ1n) is 6.74. The molecule has 0 aromatic heterocycles. The summed E-state index contributed by atoms with van der Waals surface area (Å²) in [6.07, 6.45) is 1.36. The molecule has 1 unspecified atom stereocenters. The Labute approximate surface area is 115 Å². The molecule has 0 saturated heterocycles. The number of benzene rings is 1. The zero-order chi connectivity index (χ0) is 14.3. The van der Waals surface area contributed by atoms with Gasteiger partial charge in [0, 0.05) is 32.3 Å². The van der Waals surface area contributed by atoms with Gasteiger partial charge in [0.2, 0.25) is 5.91 Å². The first-order chi connectivity index (χ1) is 9.12. The molecule has 2 N–H and O–H groups in total. The molecule has 0 aliphatic heterocycles. The van der Waals surface area contributed by atoms with E-state index in [9.17, 15) is 4.79 Å². The van der Waals surface area contributed by atoms with Crippen molar-refractivity contribution in [3.63, 3.8) is 0 Å². The molecule has 0 bridgehead atoms. The van der Waals surface area contributed by atoms with Crippen molar-refractivity contribution in [3.8, 4) is 0 Å². The zero-order valence-electron chi connectivity index (χ0n) is 12.1. The summed E-state index contributed by atoms with van der Waals surface area (Å²) < 4.78 is 5.17. The molecule has 19 heavy (non-hydrogen) atoms. The van der Waals surface area contributed by atoms with Gasteiger partial charge in [-0.2, -0.15) is 0 Å². The molecule has 4 heteroatoms. The van der Waals surface area contributed by atoms with Crippen molar-refractivity contribution in [2.45, 2.75) is 39.3 Å². The van der Waals surface area contributed by atoms with Gasteiger partial charge in [-0.1, -0.05) is 12.1 Å². The molecule has 106 valence electrons. The second-order valence-corrected chi connectivity index (χ2v) is 4.59. The second kappa shape index (κ2) is 7.92. The minimum atomic E-state index is 0.113. The molecule has 0 spiro atoms. The standard InChI is InChI=1S/C15H24N2O2/c1-4-17(15(18)10-5-12(2)19-3)14-8-6-13(11-16)7-9-14/h6-9,12H,4-5,10-11,16H2,1-3H3. The lowest BCUT2D eigenvalue weighted by Crippen LogP contribution is -2.31. The highest BCUT2D eigenvalue weighted by Gasteiger charge is 2.14. The van der Waals surface area contributed by atoms with Gasteiger partial charge in [0.05, 0.1) is 6.10 Å². The summed E-state index contributed by atoms with van der Waals surface area (Å²) in [6.45, 7) is 5.14. The number of ether oxygens (including phenoxy) is 1. The number of rotatable bonds is 7. The highest BCUT2D eigenvalue weighted by Crippen LogP contribution is 2.17. The smallest absolute Gasteiger partial charge is 0.227 e. The van der Waals surface area contributed by atoms with Crippen LogP contribution in [-0.2, 0) is 16.1 Å². The fourth-order valence-corrected chi connectivity index (χ4v) is 1.89. The van der Waals surface area contributed by atoms with Gasteiger partial charge < -0.3 is 15.4 Å². The molecule has 1 rings (SSSR count). The average Bonchev–Trinajstić information content (AvgIpc) is 2.46. The lowest BCUT2D eigenvalue weighted by atomic mass is 10.1. The van der Waals surface area contributed by atoms with Crippen molar-refractivity contribution in [2.75, 3.05) is 18.6 Å². The Morgan fingerprint density at radius 3 is 2.47 bits per heavy atom. The van der Waals surface area contributed by atoms with Crippen LogP contribution in [0.5, 0.6) is 0 Å². The van der Waals surface area contributed by atoms with Crippen LogP contribution in [0.1, 0.15) is 32.3 Å². The quantitative estimate of drug-likeness (QED) is 0.822. The third-order valence-electron chi connectivity index (χ3n) is 3.27. The van der Waals surface area contributed by atoms with E-state index >= 15 is 0 Å². The number of hydrogen-bond donors (Lipinski definition) is 1. The van der Waals surface area contributed by atoms with E-state index in [1.165, 1.54) is 0 Å². The number of nitrogens with zero attached hydrogens (tertiary/aromatic N) is 1. The largest absolute Gasteiger partial charge is 0.382 e. The minimum Gasteiger partial charge on any atom is -0.382 e. The molecule has 0 aliphatic rings. The zero-order valence-corrected chi connectivity index (χ0v) is 12.1. The maximum atomic E-state index is 12.2. The van der Waals surface area contributed by atoms with Gasteiger partial charge in [-0.3, -0.25) is 4.79 Å². The number of amides is 1. The monoisotopic (exact) mass is 264 g/mol. The van der Waals surface area contributed by atoms with E-state index in [0.29, 0.717) is 19.5 Å². The van der Waals surface area contributed by atoms with E-state index in [1.54, 1.807) is 12.0 Å². The van der Waals surface area contributed by atoms with Crippen molar-refractivity contribution in [3.05, 3.63) is 29.8 Å². The minimum absolute atomic E-state index is 0.113. The molecular weight excluding hydrogens is 240 g/mol. The topological polar surface area (TPSA) is 55.6 Å². The maximum Gasteiger partial charge on any atom is 0.227 e. The molecule has 1 amide bonds. The predicted octanol–water partition coefficient (Wildman–Crippen LogP) is 2.31. The van der Waals surface area contributed by atoms with E-state index in [2.05, 4.69) is 0 Å². The summed E-state index contributed by atoms with van der Waals surface area (Å²) >= 11 is 0. The van der Waals surface area contributed by atoms with Gasteiger partial charge in [0.25, 0.3) is 0 Å². The molecule has 1 aromatic rings. The molecule has 4 nitrogen and oxygen atoms in total. The fraction of sp³-hybridized carbons (Fsp3) is 0.533. The second-order valence-electron chi connectivity index (χ2n) is 4.59. The first-order valence-corrected chi connectivity index (χ1v) is 6.74. The third kappa shape index (κ3) is 4.65. The summed E-state index contributed by atoms with van der Waals surface area (Å²) in [5.41, 5.74) is 7.57. The first kappa shape index (κ1) is 15.7. The van der Waals surface area contributed by atoms with Crippen molar-refractivity contribution in [1.82, 2.24) is 0 Å². The SMILES string of the molecule is CCN(C(=O)CCC(C)OC)c1ccc(CN)cc1. The summed E-state index contributed by atoms with van der Waals surface area (Å²) in [5.74, 6) is 0.131. The fourth-order valence-electron chi connectivity index (χ4n) is 1.89. The van der Waals surface area contributed by atoms with Crippen molar-refractivity contribution in [2.24, 2.45) is 5.73 Å². The molecule has 1 aromatic carbocycles. The Hall–Kier alpha value is -1.39. The van der Waals surface area contributed by atoms with Crippen LogP contribution in [0, 0.1) is 0 Å². The molecule has 0 aliphatic carbocycles. The lowest BCUT2D eigenvalue weighted by molar-refractivity contribution is -0.119. The lowest BCUT2D eigenvalue weighted by Gasteiger charge is -2.22. The van der Waals surface area contributed by atoms with Crippen molar-refractivity contribution in [1.29, 1.82) is 0 Å². The maximum absolute atomic E-state index is 12.2. The van der Waals surface area contributed by atoms with E-state index in [-0.39, 0.29) is 12.0 Å².